The zero-order valence-electron chi connectivity index (χ0n) is 14.7. The lowest BCUT2D eigenvalue weighted by molar-refractivity contribution is 0.0954. The molecule has 0 unspecified atom stereocenters. The molecular weight excluding hydrogens is 310 g/mol. The molecule has 128 valence electrons. The zero-order valence-corrected chi connectivity index (χ0v) is 14.7. The molecule has 0 saturated carbocycles. The number of aromatic nitrogens is 2. The molecule has 1 amide bonds. The number of amides is 1. The topological polar surface area (TPSA) is 46.9 Å². The molecule has 3 rings (SSSR count). The number of carbonyl (C=O) groups is 1. The van der Waals surface area contributed by atoms with E-state index >= 15 is 0 Å². The first kappa shape index (κ1) is 17.0. The quantitative estimate of drug-likeness (QED) is 0.696. The molecule has 0 bridgehead atoms. The van der Waals surface area contributed by atoms with Crippen molar-refractivity contribution < 1.29 is 4.79 Å². The summed E-state index contributed by atoms with van der Waals surface area (Å²) in [6.45, 7) is 9.32. The molecule has 0 saturated heterocycles. The summed E-state index contributed by atoms with van der Waals surface area (Å²) in [6.07, 6.45) is 0.680. The summed E-state index contributed by atoms with van der Waals surface area (Å²) in [7, 11) is 0. The van der Waals surface area contributed by atoms with Gasteiger partial charge in [0, 0.05) is 25.1 Å². The maximum absolute atomic E-state index is 12.2. The molecule has 0 aliphatic carbocycles. The van der Waals surface area contributed by atoms with Gasteiger partial charge in [0.25, 0.3) is 5.91 Å². The molecule has 4 heteroatoms. The minimum atomic E-state index is -0.0532. The highest BCUT2D eigenvalue weighted by Crippen LogP contribution is 2.17. The van der Waals surface area contributed by atoms with E-state index in [0.29, 0.717) is 18.5 Å². The third kappa shape index (κ3) is 3.97. The Kier molecular flexibility index (Phi) is 4.98. The molecule has 0 fully saturated rings. The van der Waals surface area contributed by atoms with Gasteiger partial charge in [0.15, 0.2) is 0 Å². The van der Waals surface area contributed by atoms with Crippen molar-refractivity contribution in [3.8, 4) is 0 Å². The van der Waals surface area contributed by atoms with Gasteiger partial charge in [-0.3, -0.25) is 4.79 Å². The molecule has 0 radical (unpaired) electrons. The van der Waals surface area contributed by atoms with Crippen molar-refractivity contribution in [3.63, 3.8) is 0 Å². The SMILES string of the molecule is C=C(C)Cn1c(CCNC(=O)c2ccc(C)cc2)nc2ccccc21. The number of para-hydroxylation sites is 2. The third-order valence-electron chi connectivity index (χ3n) is 4.11. The Hall–Kier alpha value is -2.88. The Morgan fingerprint density at radius 1 is 1.16 bits per heavy atom. The van der Waals surface area contributed by atoms with Crippen molar-refractivity contribution in [2.75, 3.05) is 6.54 Å². The van der Waals surface area contributed by atoms with Crippen LogP contribution in [-0.4, -0.2) is 22.0 Å². The third-order valence-corrected chi connectivity index (χ3v) is 4.11. The minimum Gasteiger partial charge on any atom is -0.352 e. The van der Waals surface area contributed by atoms with Crippen molar-refractivity contribution in [2.45, 2.75) is 26.8 Å². The van der Waals surface area contributed by atoms with Crippen molar-refractivity contribution in [3.05, 3.63) is 77.6 Å². The van der Waals surface area contributed by atoms with Gasteiger partial charge in [-0.2, -0.15) is 0 Å². The van der Waals surface area contributed by atoms with E-state index in [9.17, 15) is 4.79 Å². The van der Waals surface area contributed by atoms with Crippen LogP contribution in [0.2, 0.25) is 0 Å². The van der Waals surface area contributed by atoms with Gasteiger partial charge in [-0.1, -0.05) is 42.0 Å². The summed E-state index contributed by atoms with van der Waals surface area (Å²) in [5.41, 5.74) is 4.98. The minimum absolute atomic E-state index is 0.0532. The lowest BCUT2D eigenvalue weighted by Crippen LogP contribution is -2.26. The predicted octanol–water partition coefficient (Wildman–Crippen LogP) is 3.89. The van der Waals surface area contributed by atoms with E-state index in [1.807, 2.05) is 56.3 Å². The number of rotatable bonds is 6. The molecule has 1 aromatic heterocycles. The van der Waals surface area contributed by atoms with Crippen molar-refractivity contribution in [1.82, 2.24) is 14.9 Å². The molecule has 1 N–H and O–H groups in total. The number of benzene rings is 2. The van der Waals surface area contributed by atoms with E-state index in [2.05, 4.69) is 22.5 Å². The zero-order chi connectivity index (χ0) is 17.8. The lowest BCUT2D eigenvalue weighted by atomic mass is 10.1. The number of allylic oxidation sites excluding steroid dienone is 1. The Morgan fingerprint density at radius 3 is 2.60 bits per heavy atom. The summed E-state index contributed by atoms with van der Waals surface area (Å²) in [6, 6.07) is 15.7. The molecule has 0 spiro atoms. The molecule has 2 aromatic carbocycles. The van der Waals surface area contributed by atoms with E-state index in [4.69, 9.17) is 4.98 Å². The van der Waals surface area contributed by atoms with Crippen LogP contribution in [0.25, 0.3) is 11.0 Å². The van der Waals surface area contributed by atoms with Gasteiger partial charge >= 0.3 is 0 Å². The highest BCUT2D eigenvalue weighted by molar-refractivity contribution is 5.94. The fourth-order valence-electron chi connectivity index (χ4n) is 2.86. The summed E-state index contributed by atoms with van der Waals surface area (Å²) in [4.78, 5) is 16.9. The Balaban J connectivity index is 1.71. The number of fused-ring (bicyclic) bond motifs is 1. The van der Waals surface area contributed by atoms with Gasteiger partial charge in [0.1, 0.15) is 5.82 Å². The number of nitrogens with one attached hydrogen (secondary N) is 1. The number of hydrogen-bond donors (Lipinski definition) is 1. The molecular formula is C21H23N3O. The Morgan fingerprint density at radius 2 is 1.88 bits per heavy atom. The van der Waals surface area contributed by atoms with Gasteiger partial charge < -0.3 is 9.88 Å². The van der Waals surface area contributed by atoms with E-state index in [-0.39, 0.29) is 5.91 Å². The van der Waals surface area contributed by atoms with Crippen LogP contribution in [0, 0.1) is 6.92 Å². The van der Waals surface area contributed by atoms with E-state index in [1.165, 1.54) is 0 Å². The first-order chi connectivity index (χ1) is 12.0. The van der Waals surface area contributed by atoms with Gasteiger partial charge in [0.05, 0.1) is 11.0 Å². The van der Waals surface area contributed by atoms with Crippen LogP contribution in [0.3, 0.4) is 0 Å². The molecule has 1 heterocycles. The first-order valence-electron chi connectivity index (χ1n) is 8.48. The molecule has 4 nitrogen and oxygen atoms in total. The number of carbonyl (C=O) groups excluding carboxylic acids is 1. The predicted molar refractivity (Wildman–Crippen MR) is 102 cm³/mol. The molecule has 25 heavy (non-hydrogen) atoms. The number of aryl methyl sites for hydroxylation is 1. The van der Waals surface area contributed by atoms with E-state index < -0.39 is 0 Å². The van der Waals surface area contributed by atoms with Gasteiger partial charge in [-0.25, -0.2) is 4.98 Å². The normalized spacial score (nSPS) is 10.8. The van der Waals surface area contributed by atoms with Crippen LogP contribution in [0.5, 0.6) is 0 Å². The smallest absolute Gasteiger partial charge is 0.251 e. The highest BCUT2D eigenvalue weighted by Gasteiger charge is 2.11. The summed E-state index contributed by atoms with van der Waals surface area (Å²) in [5.74, 6) is 0.913. The lowest BCUT2D eigenvalue weighted by Gasteiger charge is -2.10. The summed E-state index contributed by atoms with van der Waals surface area (Å²) < 4.78 is 2.18. The second-order valence-electron chi connectivity index (χ2n) is 6.43. The van der Waals surface area contributed by atoms with E-state index in [0.717, 1.165) is 34.5 Å². The van der Waals surface area contributed by atoms with Crippen LogP contribution in [-0.2, 0) is 13.0 Å². The van der Waals surface area contributed by atoms with Gasteiger partial charge in [-0.15, -0.1) is 0 Å². The molecule has 0 aliphatic rings. The second-order valence-corrected chi connectivity index (χ2v) is 6.43. The van der Waals surface area contributed by atoms with Crippen LogP contribution < -0.4 is 5.32 Å². The van der Waals surface area contributed by atoms with Crippen LogP contribution in [0.1, 0.15) is 28.7 Å². The Bertz CT molecular complexity index is 907. The Labute approximate surface area is 148 Å². The number of hydrogen-bond acceptors (Lipinski definition) is 2. The monoisotopic (exact) mass is 333 g/mol. The fourth-order valence-corrected chi connectivity index (χ4v) is 2.86. The van der Waals surface area contributed by atoms with Crippen LogP contribution in [0.15, 0.2) is 60.7 Å². The van der Waals surface area contributed by atoms with Crippen molar-refractivity contribution in [2.24, 2.45) is 0 Å². The van der Waals surface area contributed by atoms with Crippen molar-refractivity contribution in [1.29, 1.82) is 0 Å². The van der Waals surface area contributed by atoms with Crippen LogP contribution >= 0.6 is 0 Å². The average molecular weight is 333 g/mol. The maximum Gasteiger partial charge on any atom is 0.251 e. The summed E-state index contributed by atoms with van der Waals surface area (Å²) in [5, 5.41) is 2.98. The molecule has 0 atom stereocenters. The molecule has 3 aromatic rings. The average Bonchev–Trinajstić information content (AvgIpc) is 2.93. The van der Waals surface area contributed by atoms with Gasteiger partial charge in [0.2, 0.25) is 0 Å². The first-order valence-corrected chi connectivity index (χ1v) is 8.48. The second kappa shape index (κ2) is 7.34. The fraction of sp³-hybridized carbons (Fsp3) is 0.238. The van der Waals surface area contributed by atoms with Gasteiger partial charge in [-0.05, 0) is 38.1 Å². The maximum atomic E-state index is 12.2. The standard InChI is InChI=1S/C21H23N3O/c1-15(2)14-24-19-7-5-4-6-18(19)23-20(24)12-13-22-21(25)17-10-8-16(3)9-11-17/h4-11H,1,12-14H2,2-3H3,(H,22,25). The molecule has 0 aliphatic heterocycles. The van der Waals surface area contributed by atoms with E-state index in [1.54, 1.807) is 0 Å². The van der Waals surface area contributed by atoms with Crippen molar-refractivity contribution >= 4 is 16.9 Å². The summed E-state index contributed by atoms with van der Waals surface area (Å²) >= 11 is 0. The number of imidazole rings is 1. The van der Waals surface area contributed by atoms with Crippen LogP contribution in [0.4, 0.5) is 0 Å². The number of nitrogens with zero attached hydrogens (tertiary/aromatic N) is 2. The highest BCUT2D eigenvalue weighted by atomic mass is 16.1. The largest absolute Gasteiger partial charge is 0.352 e.